The van der Waals surface area contributed by atoms with Crippen molar-refractivity contribution in [1.29, 1.82) is 0 Å². The fourth-order valence-corrected chi connectivity index (χ4v) is 4.26. The highest BCUT2D eigenvalue weighted by Crippen LogP contribution is 2.46. The van der Waals surface area contributed by atoms with Crippen molar-refractivity contribution < 1.29 is 24.2 Å². The lowest BCUT2D eigenvalue weighted by molar-refractivity contribution is -0.386. The van der Waals surface area contributed by atoms with Crippen LogP contribution < -0.4 is 9.47 Å². The van der Waals surface area contributed by atoms with Crippen molar-refractivity contribution >= 4 is 5.69 Å². The average molecular weight is 486 g/mol. The Kier molecular flexibility index (Phi) is 7.63. The van der Waals surface area contributed by atoms with E-state index in [-0.39, 0.29) is 18.9 Å². The highest BCUT2D eigenvalue weighted by atomic mass is 16.6. The van der Waals surface area contributed by atoms with E-state index in [4.69, 9.17) is 14.2 Å². The van der Waals surface area contributed by atoms with Gasteiger partial charge in [-0.1, -0.05) is 60.7 Å². The van der Waals surface area contributed by atoms with E-state index in [0.29, 0.717) is 33.8 Å². The third-order valence-electron chi connectivity index (χ3n) is 6.11. The van der Waals surface area contributed by atoms with Crippen LogP contribution in [0.25, 0.3) is 0 Å². The SMILES string of the molecule is COc1ccc(C(OCc2ccccc2)(c2ccc(OC)cc2)c2ccc(CO)cc2[N+](=O)[O-])cc1. The molecule has 4 aromatic rings. The number of methoxy groups -OCH3 is 2. The Morgan fingerprint density at radius 1 is 0.778 bits per heavy atom. The molecule has 0 saturated heterocycles. The lowest BCUT2D eigenvalue weighted by Crippen LogP contribution is -2.33. The summed E-state index contributed by atoms with van der Waals surface area (Å²) in [4.78, 5) is 11.9. The van der Waals surface area contributed by atoms with Crippen molar-refractivity contribution in [2.45, 2.75) is 18.8 Å². The van der Waals surface area contributed by atoms with Crippen LogP contribution in [0.15, 0.2) is 97.1 Å². The smallest absolute Gasteiger partial charge is 0.276 e. The van der Waals surface area contributed by atoms with Crippen LogP contribution >= 0.6 is 0 Å². The molecule has 0 radical (unpaired) electrons. The van der Waals surface area contributed by atoms with Crippen molar-refractivity contribution in [3.8, 4) is 11.5 Å². The van der Waals surface area contributed by atoms with Crippen molar-refractivity contribution in [3.05, 3.63) is 135 Å². The molecule has 0 aromatic heterocycles. The molecule has 0 atom stereocenters. The second-order valence-electron chi connectivity index (χ2n) is 8.18. The molecule has 0 spiro atoms. The predicted molar refractivity (Wildman–Crippen MR) is 136 cm³/mol. The Labute approximate surface area is 209 Å². The molecule has 0 aliphatic rings. The van der Waals surface area contributed by atoms with Gasteiger partial charge in [0.2, 0.25) is 0 Å². The van der Waals surface area contributed by atoms with Gasteiger partial charge in [0, 0.05) is 6.07 Å². The number of hydrogen-bond donors (Lipinski definition) is 1. The molecule has 0 amide bonds. The Morgan fingerprint density at radius 3 is 1.81 bits per heavy atom. The molecule has 184 valence electrons. The van der Waals surface area contributed by atoms with Crippen LogP contribution in [0, 0.1) is 10.1 Å². The van der Waals surface area contributed by atoms with E-state index in [2.05, 4.69) is 0 Å². The van der Waals surface area contributed by atoms with Gasteiger partial charge in [0.15, 0.2) is 5.60 Å². The summed E-state index contributed by atoms with van der Waals surface area (Å²) in [5.41, 5.74) is 1.56. The number of nitrogens with zero attached hydrogens (tertiary/aromatic N) is 1. The largest absolute Gasteiger partial charge is 0.497 e. The number of nitro groups is 1. The molecule has 36 heavy (non-hydrogen) atoms. The second-order valence-corrected chi connectivity index (χ2v) is 8.18. The summed E-state index contributed by atoms with van der Waals surface area (Å²) in [5, 5.41) is 22.0. The number of benzene rings is 4. The molecular weight excluding hydrogens is 458 g/mol. The molecule has 4 aromatic carbocycles. The molecule has 0 heterocycles. The first-order valence-electron chi connectivity index (χ1n) is 11.4. The number of nitro benzene ring substituents is 1. The van der Waals surface area contributed by atoms with Crippen LogP contribution in [0.3, 0.4) is 0 Å². The first kappa shape index (κ1) is 24.9. The fraction of sp³-hybridized carbons (Fsp3) is 0.172. The molecular formula is C29H27NO6. The van der Waals surface area contributed by atoms with Crippen molar-refractivity contribution in [3.63, 3.8) is 0 Å². The highest BCUT2D eigenvalue weighted by Gasteiger charge is 2.43. The molecule has 0 bridgehead atoms. The van der Waals surface area contributed by atoms with E-state index in [1.165, 1.54) is 6.07 Å². The van der Waals surface area contributed by atoms with Crippen LogP contribution in [0.5, 0.6) is 11.5 Å². The van der Waals surface area contributed by atoms with E-state index in [0.717, 1.165) is 5.56 Å². The van der Waals surface area contributed by atoms with Crippen LogP contribution in [0.2, 0.25) is 0 Å². The third kappa shape index (κ3) is 4.93. The first-order valence-corrected chi connectivity index (χ1v) is 11.4. The summed E-state index contributed by atoms with van der Waals surface area (Å²) < 4.78 is 17.4. The van der Waals surface area contributed by atoms with Gasteiger partial charge in [0.1, 0.15) is 11.5 Å². The Hall–Kier alpha value is -4.20. The quantitative estimate of drug-likeness (QED) is 0.178. The van der Waals surface area contributed by atoms with E-state index in [1.807, 2.05) is 54.6 Å². The monoisotopic (exact) mass is 485 g/mol. The van der Waals surface area contributed by atoms with Crippen LogP contribution in [-0.2, 0) is 23.6 Å². The maximum absolute atomic E-state index is 12.3. The standard InChI is InChI=1S/C29H27NO6/c1-34-25-13-9-23(10-14-25)29(24-11-15-26(35-2)16-12-24,36-20-21-6-4-3-5-7-21)27-17-8-22(19-31)18-28(27)30(32)33/h3-18,31H,19-20H2,1-2H3. The van der Waals surface area contributed by atoms with Gasteiger partial charge < -0.3 is 19.3 Å². The van der Waals surface area contributed by atoms with Gasteiger partial charge in [0.05, 0.1) is 37.9 Å². The number of ether oxygens (including phenoxy) is 3. The zero-order valence-electron chi connectivity index (χ0n) is 20.1. The average Bonchev–Trinajstić information content (AvgIpc) is 2.94. The number of rotatable bonds is 10. The predicted octanol–water partition coefficient (Wildman–Crippen LogP) is 5.61. The van der Waals surface area contributed by atoms with Crippen molar-refractivity contribution in [2.24, 2.45) is 0 Å². The molecule has 4 rings (SSSR count). The molecule has 0 aliphatic heterocycles. The highest BCUT2D eigenvalue weighted by molar-refractivity contribution is 5.58. The summed E-state index contributed by atoms with van der Waals surface area (Å²) >= 11 is 0. The number of aliphatic hydroxyl groups excluding tert-OH is 1. The Morgan fingerprint density at radius 2 is 1.33 bits per heavy atom. The topological polar surface area (TPSA) is 91.1 Å². The normalized spacial score (nSPS) is 11.2. The van der Waals surface area contributed by atoms with Gasteiger partial charge >= 0.3 is 0 Å². The molecule has 1 N–H and O–H groups in total. The minimum absolute atomic E-state index is 0.152. The zero-order valence-corrected chi connectivity index (χ0v) is 20.1. The van der Waals surface area contributed by atoms with Gasteiger partial charge in [-0.25, -0.2) is 0 Å². The van der Waals surface area contributed by atoms with Crippen molar-refractivity contribution in [1.82, 2.24) is 0 Å². The number of hydrogen-bond acceptors (Lipinski definition) is 6. The lowest BCUT2D eigenvalue weighted by atomic mass is 9.78. The molecule has 7 heteroatoms. The molecule has 0 saturated carbocycles. The number of aliphatic hydroxyl groups is 1. The Bertz CT molecular complexity index is 1260. The van der Waals surface area contributed by atoms with Crippen LogP contribution in [0.1, 0.15) is 27.8 Å². The van der Waals surface area contributed by atoms with E-state index in [1.54, 1.807) is 50.6 Å². The maximum atomic E-state index is 12.3. The van der Waals surface area contributed by atoms with Gasteiger partial charge in [0.25, 0.3) is 5.69 Å². The zero-order chi connectivity index (χ0) is 25.5. The van der Waals surface area contributed by atoms with Gasteiger partial charge in [-0.2, -0.15) is 0 Å². The van der Waals surface area contributed by atoms with Crippen LogP contribution in [0.4, 0.5) is 5.69 Å². The first-order chi connectivity index (χ1) is 17.5. The van der Waals surface area contributed by atoms with Crippen LogP contribution in [-0.4, -0.2) is 24.2 Å². The van der Waals surface area contributed by atoms with Gasteiger partial charge in [-0.05, 0) is 52.6 Å². The van der Waals surface area contributed by atoms with E-state index < -0.39 is 10.5 Å². The van der Waals surface area contributed by atoms with E-state index >= 15 is 0 Å². The molecule has 0 unspecified atom stereocenters. The summed E-state index contributed by atoms with van der Waals surface area (Å²) in [6.07, 6.45) is 0. The molecule has 7 nitrogen and oxygen atoms in total. The summed E-state index contributed by atoms with van der Waals surface area (Å²) in [6, 6.07) is 28.9. The second kappa shape index (κ2) is 11.0. The summed E-state index contributed by atoms with van der Waals surface area (Å²) in [7, 11) is 3.16. The molecule has 0 aliphatic carbocycles. The fourth-order valence-electron chi connectivity index (χ4n) is 4.26. The lowest BCUT2D eigenvalue weighted by Gasteiger charge is -2.35. The summed E-state index contributed by atoms with van der Waals surface area (Å²) in [5.74, 6) is 1.30. The Balaban J connectivity index is 2.02. The maximum Gasteiger partial charge on any atom is 0.276 e. The van der Waals surface area contributed by atoms with E-state index in [9.17, 15) is 15.2 Å². The van der Waals surface area contributed by atoms with Gasteiger partial charge in [-0.3, -0.25) is 10.1 Å². The molecule has 0 fully saturated rings. The third-order valence-corrected chi connectivity index (χ3v) is 6.11. The summed E-state index contributed by atoms with van der Waals surface area (Å²) in [6.45, 7) is -0.123. The minimum Gasteiger partial charge on any atom is -0.497 e. The van der Waals surface area contributed by atoms with Gasteiger partial charge in [-0.15, -0.1) is 0 Å². The van der Waals surface area contributed by atoms with Crippen molar-refractivity contribution in [2.75, 3.05) is 14.2 Å². The minimum atomic E-state index is -1.36.